The van der Waals surface area contributed by atoms with Crippen LogP contribution in [-0.2, 0) is 14.4 Å². The number of carbonyl (C=O) groups excluding carboxylic acids is 2. The zero-order chi connectivity index (χ0) is 19.6. The second-order valence-corrected chi connectivity index (χ2v) is 7.12. The standard InChI is InChI=1S/C20H38N2O4/c1-2-3-4-5-6-7-8-9-10-11-12-13-14-15-19(24)22-17(20(25)26)16-18(21)23/h17H,2-16H2,1H3,(H2,21,23)(H,22,24)(H,25,26)/t17-/m0/s1. The zero-order valence-electron chi connectivity index (χ0n) is 16.4. The Balaban J connectivity index is 3.47. The van der Waals surface area contributed by atoms with Crippen LogP contribution in [0.4, 0.5) is 0 Å². The molecule has 1 atom stereocenters. The summed E-state index contributed by atoms with van der Waals surface area (Å²) in [4.78, 5) is 33.4. The van der Waals surface area contributed by atoms with Gasteiger partial charge < -0.3 is 16.2 Å². The normalized spacial score (nSPS) is 11.9. The molecular weight excluding hydrogens is 332 g/mol. The maximum absolute atomic E-state index is 11.7. The van der Waals surface area contributed by atoms with Crippen LogP contribution in [0.1, 0.15) is 103 Å². The van der Waals surface area contributed by atoms with Crippen LogP contribution in [0.2, 0.25) is 0 Å². The maximum atomic E-state index is 11.7. The summed E-state index contributed by atoms with van der Waals surface area (Å²) in [6, 6.07) is -1.22. The lowest BCUT2D eigenvalue weighted by atomic mass is 10.0. The highest BCUT2D eigenvalue weighted by Gasteiger charge is 2.21. The van der Waals surface area contributed by atoms with Crippen molar-refractivity contribution in [3.05, 3.63) is 0 Å². The summed E-state index contributed by atoms with van der Waals surface area (Å²) in [5.74, 6) is -2.30. The van der Waals surface area contributed by atoms with Crippen LogP contribution in [0.3, 0.4) is 0 Å². The van der Waals surface area contributed by atoms with Crippen molar-refractivity contribution in [3.63, 3.8) is 0 Å². The van der Waals surface area contributed by atoms with Gasteiger partial charge >= 0.3 is 5.97 Å². The van der Waals surface area contributed by atoms with E-state index in [-0.39, 0.29) is 12.3 Å². The first-order chi connectivity index (χ1) is 12.5. The van der Waals surface area contributed by atoms with Crippen molar-refractivity contribution < 1.29 is 19.5 Å². The lowest BCUT2D eigenvalue weighted by Gasteiger charge is -2.12. The second kappa shape index (κ2) is 16.9. The summed E-state index contributed by atoms with van der Waals surface area (Å²) < 4.78 is 0. The summed E-state index contributed by atoms with van der Waals surface area (Å²) in [6.45, 7) is 2.24. The molecular formula is C20H38N2O4. The van der Waals surface area contributed by atoms with E-state index in [1.807, 2.05) is 0 Å². The van der Waals surface area contributed by atoms with Crippen LogP contribution in [0, 0.1) is 0 Å². The Morgan fingerprint density at radius 1 is 0.808 bits per heavy atom. The molecule has 4 N–H and O–H groups in total. The van der Waals surface area contributed by atoms with Gasteiger partial charge in [-0.3, -0.25) is 9.59 Å². The van der Waals surface area contributed by atoms with Crippen molar-refractivity contribution in [2.24, 2.45) is 5.73 Å². The Labute approximate surface area is 158 Å². The van der Waals surface area contributed by atoms with Gasteiger partial charge in [0.25, 0.3) is 0 Å². The molecule has 0 aromatic carbocycles. The van der Waals surface area contributed by atoms with Crippen LogP contribution in [-0.4, -0.2) is 28.9 Å². The molecule has 0 saturated carbocycles. The van der Waals surface area contributed by atoms with E-state index < -0.39 is 17.9 Å². The van der Waals surface area contributed by atoms with Gasteiger partial charge in [0.2, 0.25) is 11.8 Å². The number of amides is 2. The van der Waals surface area contributed by atoms with E-state index >= 15 is 0 Å². The van der Waals surface area contributed by atoms with Crippen molar-refractivity contribution >= 4 is 17.8 Å². The molecule has 0 aromatic rings. The molecule has 0 unspecified atom stereocenters. The van der Waals surface area contributed by atoms with Gasteiger partial charge in [-0.25, -0.2) is 4.79 Å². The average molecular weight is 371 g/mol. The molecule has 0 radical (unpaired) electrons. The van der Waals surface area contributed by atoms with Crippen LogP contribution in [0.5, 0.6) is 0 Å². The van der Waals surface area contributed by atoms with E-state index in [1.165, 1.54) is 64.2 Å². The molecule has 2 amide bonds. The Bertz CT molecular complexity index is 399. The molecule has 26 heavy (non-hydrogen) atoms. The number of nitrogens with two attached hydrogens (primary N) is 1. The molecule has 0 bridgehead atoms. The Hall–Kier alpha value is -1.59. The predicted octanol–water partition coefficient (Wildman–Crippen LogP) is 3.91. The van der Waals surface area contributed by atoms with Crippen LogP contribution in [0.15, 0.2) is 0 Å². The van der Waals surface area contributed by atoms with Crippen LogP contribution in [0.25, 0.3) is 0 Å². The number of carboxylic acids is 1. The zero-order valence-corrected chi connectivity index (χ0v) is 16.4. The number of carboxylic acid groups (broad SMARTS) is 1. The number of unbranched alkanes of at least 4 members (excludes halogenated alkanes) is 12. The molecule has 6 heteroatoms. The molecule has 0 aliphatic heterocycles. The second-order valence-electron chi connectivity index (χ2n) is 7.12. The molecule has 6 nitrogen and oxygen atoms in total. The minimum atomic E-state index is -1.23. The molecule has 0 fully saturated rings. The average Bonchev–Trinajstić information content (AvgIpc) is 2.58. The van der Waals surface area contributed by atoms with Gasteiger partial charge in [0.15, 0.2) is 0 Å². The third-order valence-corrected chi connectivity index (χ3v) is 4.55. The SMILES string of the molecule is CCCCCCCCCCCCCCCC(=O)N[C@@H](CC(N)=O)C(=O)O. The lowest BCUT2D eigenvalue weighted by Crippen LogP contribution is -2.43. The van der Waals surface area contributed by atoms with E-state index in [2.05, 4.69) is 12.2 Å². The number of rotatable bonds is 18. The van der Waals surface area contributed by atoms with Gasteiger partial charge in [0, 0.05) is 6.42 Å². The van der Waals surface area contributed by atoms with Crippen molar-refractivity contribution in [1.29, 1.82) is 0 Å². The minimum absolute atomic E-state index is 0.292. The first-order valence-corrected chi connectivity index (χ1v) is 10.3. The molecule has 0 heterocycles. The van der Waals surface area contributed by atoms with Crippen molar-refractivity contribution in [2.75, 3.05) is 0 Å². The predicted molar refractivity (Wildman–Crippen MR) is 104 cm³/mol. The summed E-state index contributed by atoms with van der Waals surface area (Å²) in [5, 5.41) is 11.3. The summed E-state index contributed by atoms with van der Waals surface area (Å²) in [5.41, 5.74) is 4.98. The fraction of sp³-hybridized carbons (Fsp3) is 0.850. The fourth-order valence-electron chi connectivity index (χ4n) is 2.97. The van der Waals surface area contributed by atoms with Gasteiger partial charge in [-0.15, -0.1) is 0 Å². The highest BCUT2D eigenvalue weighted by Crippen LogP contribution is 2.13. The molecule has 0 saturated heterocycles. The van der Waals surface area contributed by atoms with Crippen molar-refractivity contribution in [1.82, 2.24) is 5.32 Å². The summed E-state index contributed by atoms with van der Waals surface area (Å²) in [6.07, 6.45) is 15.9. The Morgan fingerprint density at radius 3 is 1.62 bits per heavy atom. The number of hydrogen-bond donors (Lipinski definition) is 3. The van der Waals surface area contributed by atoms with Crippen LogP contribution >= 0.6 is 0 Å². The maximum Gasteiger partial charge on any atom is 0.326 e. The van der Waals surface area contributed by atoms with E-state index in [4.69, 9.17) is 10.8 Å². The molecule has 0 rings (SSSR count). The smallest absolute Gasteiger partial charge is 0.326 e. The topological polar surface area (TPSA) is 109 Å². The first kappa shape index (κ1) is 24.4. The van der Waals surface area contributed by atoms with Crippen LogP contribution < -0.4 is 11.1 Å². The molecule has 0 spiro atoms. The van der Waals surface area contributed by atoms with Gasteiger partial charge in [-0.05, 0) is 6.42 Å². The van der Waals surface area contributed by atoms with E-state index in [9.17, 15) is 14.4 Å². The van der Waals surface area contributed by atoms with E-state index in [0.717, 1.165) is 19.3 Å². The monoisotopic (exact) mass is 370 g/mol. The van der Waals surface area contributed by atoms with Gasteiger partial charge in [-0.2, -0.15) is 0 Å². The molecule has 0 aromatic heterocycles. The van der Waals surface area contributed by atoms with E-state index in [0.29, 0.717) is 6.42 Å². The number of carbonyl (C=O) groups is 3. The number of primary amides is 1. The first-order valence-electron chi connectivity index (χ1n) is 10.3. The van der Waals surface area contributed by atoms with Crippen molar-refractivity contribution in [3.8, 4) is 0 Å². The highest BCUT2D eigenvalue weighted by molar-refractivity contribution is 5.88. The number of nitrogens with one attached hydrogen (secondary N) is 1. The van der Waals surface area contributed by atoms with Gasteiger partial charge in [-0.1, -0.05) is 84.0 Å². The van der Waals surface area contributed by atoms with E-state index in [1.54, 1.807) is 0 Å². The van der Waals surface area contributed by atoms with Crippen molar-refractivity contribution in [2.45, 2.75) is 109 Å². The third kappa shape index (κ3) is 15.9. The molecule has 0 aliphatic carbocycles. The van der Waals surface area contributed by atoms with Gasteiger partial charge in [0.1, 0.15) is 6.04 Å². The lowest BCUT2D eigenvalue weighted by molar-refractivity contribution is -0.143. The Kier molecular flexibility index (Phi) is 15.8. The Morgan fingerprint density at radius 2 is 1.23 bits per heavy atom. The highest BCUT2D eigenvalue weighted by atomic mass is 16.4. The summed E-state index contributed by atoms with van der Waals surface area (Å²) in [7, 11) is 0. The number of hydrogen-bond acceptors (Lipinski definition) is 3. The largest absolute Gasteiger partial charge is 0.480 e. The summed E-state index contributed by atoms with van der Waals surface area (Å²) >= 11 is 0. The molecule has 0 aliphatic rings. The third-order valence-electron chi connectivity index (χ3n) is 4.55. The molecule has 152 valence electrons. The minimum Gasteiger partial charge on any atom is -0.480 e. The fourth-order valence-corrected chi connectivity index (χ4v) is 2.97. The quantitative estimate of drug-likeness (QED) is 0.318. The number of aliphatic carboxylic acids is 1. The van der Waals surface area contributed by atoms with Gasteiger partial charge in [0.05, 0.1) is 6.42 Å².